The second-order valence-corrected chi connectivity index (χ2v) is 4.13. The van der Waals surface area contributed by atoms with Gasteiger partial charge in [-0.1, -0.05) is 6.07 Å². The summed E-state index contributed by atoms with van der Waals surface area (Å²) >= 11 is 0. The number of hydrogen-bond acceptors (Lipinski definition) is 2. The minimum Gasteiger partial charge on any atom is -0.387 e. The number of likely N-dealkylation sites (N-methyl/N-ethyl adjacent to an activating group) is 1. The highest BCUT2D eigenvalue weighted by molar-refractivity contribution is 5.28. The summed E-state index contributed by atoms with van der Waals surface area (Å²) in [7, 11) is 1.51. The molecular formula is C12H16F3NO. The summed E-state index contributed by atoms with van der Waals surface area (Å²) in [6.07, 6.45) is -3.32. The average Bonchev–Trinajstić information content (AvgIpc) is 2.15. The van der Waals surface area contributed by atoms with Crippen molar-refractivity contribution in [3.05, 3.63) is 35.1 Å². The maximum absolute atomic E-state index is 12.9. The van der Waals surface area contributed by atoms with Gasteiger partial charge in [-0.2, -0.15) is 0 Å². The molecule has 1 N–H and O–H groups in total. The molecule has 1 rings (SSSR count). The lowest BCUT2D eigenvalue weighted by molar-refractivity contribution is 0.0678. The monoisotopic (exact) mass is 247 g/mol. The first kappa shape index (κ1) is 14.0. The maximum Gasteiger partial charge on any atom is 0.251 e. The fraction of sp³-hybridized carbons (Fsp3) is 0.500. The zero-order valence-corrected chi connectivity index (χ0v) is 9.83. The molecule has 0 bridgehead atoms. The van der Waals surface area contributed by atoms with Crippen molar-refractivity contribution in [1.29, 1.82) is 0 Å². The van der Waals surface area contributed by atoms with E-state index in [0.29, 0.717) is 11.1 Å². The van der Waals surface area contributed by atoms with Crippen molar-refractivity contribution in [3.8, 4) is 0 Å². The second-order valence-electron chi connectivity index (χ2n) is 4.13. The lowest BCUT2D eigenvalue weighted by atomic mass is 10.0. The first-order valence-corrected chi connectivity index (χ1v) is 5.31. The highest BCUT2D eigenvalue weighted by Crippen LogP contribution is 2.19. The van der Waals surface area contributed by atoms with Gasteiger partial charge in [0, 0.05) is 6.54 Å². The standard InChI is InChI=1S/C12H16F3NO/c1-8-5-9(13)3-4-10(8)11(17)6-16(2)7-12(14)15/h3-5,11-12,17H,6-7H2,1-2H3. The molecule has 0 aliphatic rings. The Morgan fingerprint density at radius 3 is 2.47 bits per heavy atom. The van der Waals surface area contributed by atoms with Crippen molar-refractivity contribution in [2.24, 2.45) is 0 Å². The van der Waals surface area contributed by atoms with Crippen molar-refractivity contribution in [1.82, 2.24) is 4.90 Å². The molecule has 96 valence electrons. The topological polar surface area (TPSA) is 23.5 Å². The third-order valence-corrected chi connectivity index (χ3v) is 2.53. The smallest absolute Gasteiger partial charge is 0.251 e. The number of hydrogen-bond donors (Lipinski definition) is 1. The Bertz CT molecular complexity index is 371. The van der Waals surface area contributed by atoms with Crippen LogP contribution < -0.4 is 0 Å². The van der Waals surface area contributed by atoms with E-state index in [-0.39, 0.29) is 12.4 Å². The van der Waals surface area contributed by atoms with Crippen LogP contribution in [0.5, 0.6) is 0 Å². The lowest BCUT2D eigenvalue weighted by Gasteiger charge is -2.21. The molecule has 17 heavy (non-hydrogen) atoms. The predicted molar refractivity (Wildman–Crippen MR) is 59.6 cm³/mol. The van der Waals surface area contributed by atoms with Gasteiger partial charge < -0.3 is 5.11 Å². The number of benzene rings is 1. The van der Waals surface area contributed by atoms with E-state index in [1.807, 2.05) is 0 Å². The van der Waals surface area contributed by atoms with Gasteiger partial charge >= 0.3 is 0 Å². The van der Waals surface area contributed by atoms with Crippen molar-refractivity contribution in [3.63, 3.8) is 0 Å². The Morgan fingerprint density at radius 2 is 1.94 bits per heavy atom. The zero-order chi connectivity index (χ0) is 13.0. The van der Waals surface area contributed by atoms with E-state index in [4.69, 9.17) is 0 Å². The molecule has 0 aliphatic carbocycles. The Hall–Kier alpha value is -1.07. The SMILES string of the molecule is Cc1cc(F)ccc1C(O)CN(C)CC(F)F. The van der Waals surface area contributed by atoms with Crippen LogP contribution in [0.4, 0.5) is 13.2 Å². The average molecular weight is 247 g/mol. The third kappa shape index (κ3) is 4.36. The Balaban J connectivity index is 2.66. The molecule has 5 heteroatoms. The van der Waals surface area contributed by atoms with E-state index >= 15 is 0 Å². The molecule has 0 spiro atoms. The highest BCUT2D eigenvalue weighted by atomic mass is 19.3. The number of aryl methyl sites for hydroxylation is 1. The van der Waals surface area contributed by atoms with E-state index in [2.05, 4.69) is 0 Å². The van der Waals surface area contributed by atoms with Gasteiger partial charge in [-0.3, -0.25) is 4.90 Å². The van der Waals surface area contributed by atoms with Crippen LogP contribution in [0.2, 0.25) is 0 Å². The molecule has 0 heterocycles. The molecule has 1 aromatic rings. The summed E-state index contributed by atoms with van der Waals surface area (Å²) < 4.78 is 37.0. The Labute approximate surface area is 98.7 Å². The summed E-state index contributed by atoms with van der Waals surface area (Å²) in [5.41, 5.74) is 1.18. The molecule has 0 saturated carbocycles. The summed E-state index contributed by atoms with van der Waals surface area (Å²) in [6, 6.07) is 4.04. The summed E-state index contributed by atoms with van der Waals surface area (Å²) in [4.78, 5) is 1.35. The van der Waals surface area contributed by atoms with Gasteiger partial charge in [-0.05, 0) is 37.2 Å². The van der Waals surface area contributed by atoms with Crippen LogP contribution in [0, 0.1) is 12.7 Å². The molecule has 0 fully saturated rings. The van der Waals surface area contributed by atoms with Crippen molar-refractivity contribution < 1.29 is 18.3 Å². The summed E-state index contributed by atoms with van der Waals surface area (Å²) in [5, 5.41) is 9.87. The van der Waals surface area contributed by atoms with Gasteiger partial charge in [0.1, 0.15) is 5.82 Å². The van der Waals surface area contributed by atoms with E-state index in [1.54, 1.807) is 6.92 Å². The van der Waals surface area contributed by atoms with Crippen molar-refractivity contribution >= 4 is 0 Å². The first-order valence-electron chi connectivity index (χ1n) is 5.31. The van der Waals surface area contributed by atoms with Crippen molar-refractivity contribution in [2.75, 3.05) is 20.1 Å². The summed E-state index contributed by atoms with van der Waals surface area (Å²) in [6.45, 7) is 1.38. The molecule has 0 saturated heterocycles. The summed E-state index contributed by atoms with van der Waals surface area (Å²) in [5.74, 6) is -0.376. The zero-order valence-electron chi connectivity index (χ0n) is 9.83. The van der Waals surface area contributed by atoms with Crippen LogP contribution in [-0.2, 0) is 0 Å². The molecule has 1 aromatic carbocycles. The molecule has 0 radical (unpaired) electrons. The first-order chi connectivity index (χ1) is 7.90. The molecule has 0 aliphatic heterocycles. The molecule has 1 atom stereocenters. The number of alkyl halides is 2. The van der Waals surface area contributed by atoms with Gasteiger partial charge in [0.25, 0.3) is 6.43 Å². The highest BCUT2D eigenvalue weighted by Gasteiger charge is 2.15. The molecular weight excluding hydrogens is 231 g/mol. The van der Waals surface area contributed by atoms with E-state index in [1.165, 1.54) is 30.1 Å². The van der Waals surface area contributed by atoms with Crippen LogP contribution in [0.3, 0.4) is 0 Å². The van der Waals surface area contributed by atoms with E-state index < -0.39 is 19.1 Å². The van der Waals surface area contributed by atoms with Gasteiger partial charge in [0.2, 0.25) is 0 Å². The maximum atomic E-state index is 12.9. The minimum absolute atomic E-state index is 0.0941. The molecule has 2 nitrogen and oxygen atoms in total. The van der Waals surface area contributed by atoms with Gasteiger partial charge in [-0.25, -0.2) is 13.2 Å². The number of aliphatic hydroxyl groups is 1. The van der Waals surface area contributed by atoms with Gasteiger partial charge in [0.05, 0.1) is 12.6 Å². The fourth-order valence-electron chi connectivity index (χ4n) is 1.72. The normalized spacial score (nSPS) is 13.4. The third-order valence-electron chi connectivity index (χ3n) is 2.53. The van der Waals surface area contributed by atoms with Crippen LogP contribution in [-0.4, -0.2) is 36.6 Å². The number of halogens is 3. The van der Waals surface area contributed by atoms with Crippen LogP contribution in [0.25, 0.3) is 0 Å². The van der Waals surface area contributed by atoms with E-state index in [0.717, 1.165) is 0 Å². The predicted octanol–water partition coefficient (Wildman–Crippen LogP) is 2.36. The largest absolute Gasteiger partial charge is 0.387 e. The van der Waals surface area contributed by atoms with Crippen molar-refractivity contribution in [2.45, 2.75) is 19.5 Å². The Morgan fingerprint density at radius 1 is 1.29 bits per heavy atom. The number of aliphatic hydroxyl groups excluding tert-OH is 1. The van der Waals surface area contributed by atoms with Crippen LogP contribution >= 0.6 is 0 Å². The van der Waals surface area contributed by atoms with Gasteiger partial charge in [0.15, 0.2) is 0 Å². The number of nitrogens with zero attached hydrogens (tertiary/aromatic N) is 1. The van der Waals surface area contributed by atoms with Crippen LogP contribution in [0.15, 0.2) is 18.2 Å². The van der Waals surface area contributed by atoms with Gasteiger partial charge in [-0.15, -0.1) is 0 Å². The minimum atomic E-state index is -2.43. The molecule has 0 amide bonds. The van der Waals surface area contributed by atoms with Crippen LogP contribution in [0.1, 0.15) is 17.2 Å². The van der Waals surface area contributed by atoms with E-state index in [9.17, 15) is 18.3 Å². The fourth-order valence-corrected chi connectivity index (χ4v) is 1.72. The molecule has 1 unspecified atom stereocenters. The number of rotatable bonds is 5. The molecule has 0 aromatic heterocycles. The second kappa shape index (κ2) is 6.02. The quantitative estimate of drug-likeness (QED) is 0.863. The Kier molecular flexibility index (Phi) is 4.96. The lowest BCUT2D eigenvalue weighted by Crippen LogP contribution is -2.29.